The van der Waals surface area contributed by atoms with E-state index in [1.165, 1.54) is 36.4 Å². The fourth-order valence-corrected chi connectivity index (χ4v) is 9.76. The SMILES string of the molecule is CC1=C(C)[N+](c2[c-]c([N+]3=C=[N+](C)C=C3)c(Oc3[c-]c([N+]4=C=[N+](C)C=C4)c([N+]4=C=[N+](C)C(C)=C4C)[c-]c3[N+]3=C=[N+](C)C=C3)[c-]c2[N+]2=C=[N+](C)C=C2)=C=[N+]1C.Fc1c[c-]c(-c2cccc(-c3[c-]cc(F)nc3F)n2)c(F)n1.Fc1c[c-]c(-c2cccc(-c3[c-]cc(F)nc3F)n2)c(F)n1.[Ir+3].[Pt+2].[Rh+3]. The molecule has 0 radical (unpaired) electrons. The van der Waals surface area contributed by atoms with E-state index in [0.717, 1.165) is 47.1 Å². The van der Waals surface area contributed by atoms with E-state index in [0.29, 0.717) is 45.6 Å². The molecule has 0 atom stereocenters. The molecule has 12 heterocycles. The molecule has 0 fully saturated rings. The molecule has 0 unspecified atom stereocenters. The maximum atomic E-state index is 13.6. The van der Waals surface area contributed by atoms with Crippen molar-refractivity contribution in [3.05, 3.63) is 229 Å². The van der Waals surface area contributed by atoms with E-state index in [1.54, 1.807) is 0 Å². The molecule has 496 valence electrons. The van der Waals surface area contributed by atoms with Crippen molar-refractivity contribution in [1.29, 1.82) is 0 Å². The molecule has 6 aliphatic heterocycles. The van der Waals surface area contributed by atoms with Crippen molar-refractivity contribution < 1.29 is 155 Å². The minimum absolute atomic E-state index is 0. The molecular formula is C70H48F8IrN18OPtRh+12. The van der Waals surface area contributed by atoms with E-state index in [2.05, 4.69) is 142 Å². The zero-order valence-electron chi connectivity index (χ0n) is 53.9. The third kappa shape index (κ3) is 15.4. The molecule has 100 heavy (non-hydrogen) atoms. The molecule has 2 aromatic carbocycles. The van der Waals surface area contributed by atoms with E-state index >= 15 is 0 Å². The minimum atomic E-state index is -1.09. The number of ether oxygens (including phenoxy) is 1. The Bertz CT molecular complexity index is 5060. The maximum Gasteiger partial charge on any atom is 3.00 e. The van der Waals surface area contributed by atoms with Gasteiger partial charge in [0.05, 0.1) is 34.1 Å². The number of rotatable bonds is 12. The molecule has 0 N–H and O–H groups in total. The van der Waals surface area contributed by atoms with Gasteiger partial charge in [-0.05, 0) is 34.3 Å². The van der Waals surface area contributed by atoms with Gasteiger partial charge in [0.2, 0.25) is 49.6 Å². The van der Waals surface area contributed by atoms with Crippen LogP contribution in [0.3, 0.4) is 0 Å². The summed E-state index contributed by atoms with van der Waals surface area (Å²) in [5, 5.41) is 0. The molecule has 0 bridgehead atoms. The fraction of sp³-hybridized carbons (Fsp3) is 0.143. The smallest absolute Gasteiger partial charge is 0.611 e. The number of benzene rings is 2. The van der Waals surface area contributed by atoms with Crippen LogP contribution in [0.1, 0.15) is 27.7 Å². The number of halogens is 8. The van der Waals surface area contributed by atoms with E-state index in [-0.39, 0.29) is 106 Å². The average Bonchev–Trinajstić information content (AvgIpc) is 1.58. The van der Waals surface area contributed by atoms with Crippen LogP contribution in [-0.2, 0) is 60.6 Å². The van der Waals surface area contributed by atoms with Crippen molar-refractivity contribution in [2.75, 3.05) is 42.3 Å². The number of hydrogen-bond acceptors (Lipinski definition) is 7. The molecule has 8 aromatic rings. The standard InChI is InChI=1S/C40H38N12O.2C15H5F4N3.Ir.Pt.Rh/c1-29-31(3)51(27-45(29)9)35-19-37(49-17-13-43(7)25-49)39(21-33(35)47-15-11-41(5)23-47)53-40-22-34(48-16-12-42(6)24-48)36(52-28-46(10)30(2)32(52)4)20-38(40)50-18-14-44(8)26-50;2*16-12-6-4-8(14(18)21-12)10-2-1-3-11(20-10)9-5-7-13(17)22-15(9)19;;;/h11-18H,1-10H3;2*1-3,6-7H;;;/q+8;2*-2;+3;+2;+3. The van der Waals surface area contributed by atoms with Crippen LogP contribution < -0.4 is 4.74 Å². The van der Waals surface area contributed by atoms with Gasteiger partial charge >= 0.3 is 96.7 Å². The quantitative estimate of drug-likeness (QED) is 0.0392. The molecule has 6 aromatic heterocycles. The summed E-state index contributed by atoms with van der Waals surface area (Å²) in [5.41, 5.74) is 7.64. The monoisotopic (exact) mass is 1800 g/mol. The predicted octanol–water partition coefficient (Wildman–Crippen LogP) is 10.6. The zero-order chi connectivity index (χ0) is 68.7. The topological polar surface area (TPSA) is 123 Å². The van der Waals surface area contributed by atoms with Gasteiger partial charge in [0, 0.05) is 27.7 Å². The summed E-state index contributed by atoms with van der Waals surface area (Å²) in [4.78, 5) is 20.2. The number of pyridine rings is 6. The van der Waals surface area contributed by atoms with Crippen LogP contribution in [0.2, 0.25) is 0 Å². The van der Waals surface area contributed by atoms with Crippen molar-refractivity contribution in [3.63, 3.8) is 0 Å². The van der Waals surface area contributed by atoms with Crippen LogP contribution in [0.5, 0.6) is 11.5 Å². The van der Waals surface area contributed by atoms with Gasteiger partial charge in [0.1, 0.15) is 47.6 Å². The first-order chi connectivity index (χ1) is 46.4. The van der Waals surface area contributed by atoms with E-state index in [1.807, 2.05) is 147 Å². The molecule has 19 nitrogen and oxygen atoms in total. The van der Waals surface area contributed by atoms with E-state index in [9.17, 15) is 35.1 Å². The van der Waals surface area contributed by atoms with E-state index in [4.69, 9.17) is 4.74 Å². The number of allylic oxidation sites excluding steroid dienone is 4. The second-order valence-electron chi connectivity index (χ2n) is 21.6. The van der Waals surface area contributed by atoms with Crippen molar-refractivity contribution in [1.82, 2.24) is 29.9 Å². The third-order valence-corrected chi connectivity index (χ3v) is 15.0. The van der Waals surface area contributed by atoms with Gasteiger partial charge in [-0.15, -0.1) is 51.7 Å². The fourth-order valence-electron chi connectivity index (χ4n) is 9.76. The first kappa shape index (κ1) is 73.5. The molecule has 30 heteroatoms. The Kier molecular flexibility index (Phi) is 22.5. The Balaban J connectivity index is 0.000000204. The number of aromatic nitrogens is 6. The summed E-state index contributed by atoms with van der Waals surface area (Å²) < 4.78 is 135. The summed E-state index contributed by atoms with van der Waals surface area (Å²) in [6.07, 6.45) is 15.3. The number of nitrogens with zero attached hydrogens (tertiary/aromatic N) is 18. The van der Waals surface area contributed by atoms with Gasteiger partial charge < -0.3 is 14.7 Å². The van der Waals surface area contributed by atoms with Gasteiger partial charge in [0.15, 0.2) is 42.3 Å². The second kappa shape index (κ2) is 30.6. The van der Waals surface area contributed by atoms with Crippen LogP contribution in [0.4, 0.5) is 69.2 Å². The molecule has 0 spiro atoms. The molecular weight excluding hydrogens is 1750 g/mol. The van der Waals surface area contributed by atoms with Crippen molar-refractivity contribution in [2.24, 2.45) is 0 Å². The van der Waals surface area contributed by atoms with Crippen LogP contribution in [0.15, 0.2) is 133 Å². The third-order valence-electron chi connectivity index (χ3n) is 15.0. The average molecular weight is 1800 g/mol. The largest absolute Gasteiger partial charge is 3.00 e. The van der Waals surface area contributed by atoms with Crippen molar-refractivity contribution in [3.8, 4) is 56.5 Å². The zero-order valence-corrected chi connectivity index (χ0v) is 60.2. The molecule has 0 amide bonds. The summed E-state index contributed by atoms with van der Waals surface area (Å²) >= 11 is 0. The van der Waals surface area contributed by atoms with Crippen LogP contribution in [-0.4, -0.2) is 163 Å². The Morgan fingerprint density at radius 2 is 0.620 bits per heavy atom. The van der Waals surface area contributed by atoms with E-state index < -0.39 is 47.6 Å². The Morgan fingerprint density at radius 3 is 0.850 bits per heavy atom. The van der Waals surface area contributed by atoms with Gasteiger partial charge in [-0.2, -0.15) is 24.3 Å². The summed E-state index contributed by atoms with van der Waals surface area (Å²) in [6.45, 7) is 8.25. The van der Waals surface area contributed by atoms with Crippen LogP contribution in [0, 0.1) is 96.1 Å². The van der Waals surface area contributed by atoms with Gasteiger partial charge in [-0.25, -0.2) is 35.1 Å². The van der Waals surface area contributed by atoms with Crippen molar-refractivity contribution in [2.45, 2.75) is 27.7 Å². The second-order valence-corrected chi connectivity index (χ2v) is 21.6. The van der Waals surface area contributed by atoms with Gasteiger partial charge in [0.25, 0.3) is 22.8 Å². The first-order valence-electron chi connectivity index (χ1n) is 28.9. The van der Waals surface area contributed by atoms with Gasteiger partial charge in [-0.3, -0.25) is 19.9 Å². The Hall–Kier alpha value is -10.7. The maximum absolute atomic E-state index is 13.6. The molecule has 0 saturated heterocycles. The van der Waals surface area contributed by atoms with Crippen molar-refractivity contribution >= 4 is 70.2 Å². The van der Waals surface area contributed by atoms with Crippen LogP contribution in [0.25, 0.3) is 45.0 Å². The summed E-state index contributed by atoms with van der Waals surface area (Å²) in [6, 6.07) is 56.3. The normalized spacial score (nSPS) is 14.4. The predicted molar refractivity (Wildman–Crippen MR) is 325 cm³/mol. The first-order valence-corrected chi connectivity index (χ1v) is 28.9. The minimum Gasteiger partial charge on any atom is -0.611 e. The Morgan fingerprint density at radius 1 is 0.350 bits per heavy atom. The molecule has 0 aliphatic carbocycles. The summed E-state index contributed by atoms with van der Waals surface area (Å²) in [5.74, 6) is -7.67. The molecule has 0 saturated carbocycles. The molecule has 14 rings (SSSR count). The van der Waals surface area contributed by atoms with Crippen LogP contribution >= 0.6 is 0 Å². The summed E-state index contributed by atoms with van der Waals surface area (Å²) in [7, 11) is 11.6. The molecule has 6 aliphatic rings. The number of hydrogen-bond donors (Lipinski definition) is 0. The van der Waals surface area contributed by atoms with Gasteiger partial charge in [-0.1, -0.05) is 110 Å². The Labute approximate surface area is 607 Å².